The Morgan fingerprint density at radius 2 is 2.03 bits per heavy atom. The van der Waals surface area contributed by atoms with Gasteiger partial charge in [-0.25, -0.2) is 4.98 Å². The Morgan fingerprint density at radius 3 is 2.82 bits per heavy atom. The molecule has 0 saturated carbocycles. The first-order chi connectivity index (χ1) is 15.8. The summed E-state index contributed by atoms with van der Waals surface area (Å²) in [6.07, 6.45) is -1.05. The standard InChI is InChI=1S/C23H24N6O4/c1-23(2)14-7-16-17(26-21(25-16)20-13-5-3-4-6-15(13)27-28-20)8-18(14)29(22(23)33)10-19(32)24-9-12(31)11-30/h3-8,12,30-31H,9-11H2,1-2H3,(H,24,32)(H,25,26)(H,27,28). The number of aromatic nitrogens is 4. The minimum atomic E-state index is -1.05. The average molecular weight is 448 g/mol. The number of amides is 2. The van der Waals surface area contributed by atoms with E-state index < -0.39 is 24.0 Å². The molecule has 2 aromatic carbocycles. The van der Waals surface area contributed by atoms with Crippen molar-refractivity contribution in [1.29, 1.82) is 0 Å². The Labute approximate surface area is 188 Å². The van der Waals surface area contributed by atoms with Gasteiger partial charge in [0.25, 0.3) is 0 Å². The zero-order valence-electron chi connectivity index (χ0n) is 18.2. The number of para-hydroxylation sites is 1. The van der Waals surface area contributed by atoms with Gasteiger partial charge in [0.05, 0.1) is 40.4 Å². The molecule has 170 valence electrons. The van der Waals surface area contributed by atoms with Gasteiger partial charge in [-0.05, 0) is 37.6 Å². The summed E-state index contributed by atoms with van der Waals surface area (Å²) >= 11 is 0. The number of anilines is 1. The van der Waals surface area contributed by atoms with Crippen molar-refractivity contribution in [3.63, 3.8) is 0 Å². The van der Waals surface area contributed by atoms with Crippen molar-refractivity contribution in [3.05, 3.63) is 42.0 Å². The first kappa shape index (κ1) is 21.1. The highest BCUT2D eigenvalue weighted by atomic mass is 16.3. The fourth-order valence-electron chi connectivity index (χ4n) is 4.24. The number of H-pyrrole nitrogens is 2. The van der Waals surface area contributed by atoms with Crippen LogP contribution in [0.1, 0.15) is 19.4 Å². The number of benzene rings is 2. The van der Waals surface area contributed by atoms with E-state index >= 15 is 0 Å². The van der Waals surface area contributed by atoms with Gasteiger partial charge in [0.15, 0.2) is 5.82 Å². The Bertz CT molecular complexity index is 1390. The number of fused-ring (bicyclic) bond motifs is 3. The molecule has 3 heterocycles. The molecule has 33 heavy (non-hydrogen) atoms. The zero-order chi connectivity index (χ0) is 23.3. The number of hydrogen-bond acceptors (Lipinski definition) is 6. The molecule has 0 bridgehead atoms. The topological polar surface area (TPSA) is 147 Å². The van der Waals surface area contributed by atoms with Crippen LogP contribution in [-0.4, -0.2) is 68.0 Å². The monoisotopic (exact) mass is 448 g/mol. The molecule has 1 atom stereocenters. The van der Waals surface area contributed by atoms with Gasteiger partial charge < -0.3 is 25.4 Å². The Balaban J connectivity index is 1.51. The lowest BCUT2D eigenvalue weighted by Gasteiger charge is -2.20. The van der Waals surface area contributed by atoms with Crippen molar-refractivity contribution in [1.82, 2.24) is 25.5 Å². The van der Waals surface area contributed by atoms with Gasteiger partial charge in [0.1, 0.15) is 12.2 Å². The van der Waals surface area contributed by atoms with Crippen LogP contribution in [0.3, 0.4) is 0 Å². The van der Waals surface area contributed by atoms with Crippen LogP contribution in [0.15, 0.2) is 36.4 Å². The second-order valence-electron chi connectivity index (χ2n) is 8.75. The Kier molecular flexibility index (Phi) is 4.91. The van der Waals surface area contributed by atoms with Crippen LogP contribution in [-0.2, 0) is 15.0 Å². The van der Waals surface area contributed by atoms with E-state index in [1.165, 1.54) is 4.90 Å². The molecule has 2 aromatic heterocycles. The van der Waals surface area contributed by atoms with E-state index in [0.29, 0.717) is 22.7 Å². The predicted molar refractivity (Wildman–Crippen MR) is 123 cm³/mol. The lowest BCUT2D eigenvalue weighted by Crippen LogP contribution is -2.44. The summed E-state index contributed by atoms with van der Waals surface area (Å²) in [6, 6.07) is 11.5. The predicted octanol–water partition coefficient (Wildman–Crippen LogP) is 1.20. The molecule has 5 rings (SSSR count). The first-order valence-electron chi connectivity index (χ1n) is 10.6. The number of carbonyl (C=O) groups is 2. The molecule has 0 spiro atoms. The molecule has 1 aliphatic heterocycles. The van der Waals surface area contributed by atoms with Gasteiger partial charge in [0.2, 0.25) is 11.8 Å². The molecule has 0 fully saturated rings. The van der Waals surface area contributed by atoms with Gasteiger partial charge >= 0.3 is 0 Å². The molecule has 1 unspecified atom stereocenters. The highest BCUT2D eigenvalue weighted by Crippen LogP contribution is 2.43. The number of aliphatic hydroxyl groups excluding tert-OH is 2. The number of nitrogens with one attached hydrogen (secondary N) is 3. The number of carbonyl (C=O) groups excluding carboxylic acids is 2. The maximum Gasteiger partial charge on any atom is 0.240 e. The van der Waals surface area contributed by atoms with Crippen LogP contribution in [0.5, 0.6) is 0 Å². The quantitative estimate of drug-likeness (QED) is 0.299. The second kappa shape index (κ2) is 7.68. The second-order valence-corrected chi connectivity index (χ2v) is 8.75. The maximum atomic E-state index is 13.1. The van der Waals surface area contributed by atoms with Crippen molar-refractivity contribution < 1.29 is 19.8 Å². The molecule has 0 saturated heterocycles. The van der Waals surface area contributed by atoms with Gasteiger partial charge in [-0.2, -0.15) is 5.10 Å². The van der Waals surface area contributed by atoms with E-state index in [4.69, 9.17) is 10.1 Å². The Hall–Kier alpha value is -3.76. The van der Waals surface area contributed by atoms with Crippen LogP contribution < -0.4 is 10.2 Å². The first-order valence-corrected chi connectivity index (χ1v) is 10.6. The lowest BCUT2D eigenvalue weighted by molar-refractivity contribution is -0.125. The highest BCUT2D eigenvalue weighted by molar-refractivity contribution is 6.12. The fourth-order valence-corrected chi connectivity index (χ4v) is 4.24. The third-order valence-corrected chi connectivity index (χ3v) is 6.09. The molecular weight excluding hydrogens is 424 g/mol. The summed E-state index contributed by atoms with van der Waals surface area (Å²) in [5.41, 5.74) is 3.64. The smallest absolute Gasteiger partial charge is 0.240 e. The Morgan fingerprint density at radius 1 is 1.24 bits per heavy atom. The number of aromatic amines is 2. The molecular formula is C23H24N6O4. The molecule has 1 aliphatic rings. The third kappa shape index (κ3) is 3.43. The minimum absolute atomic E-state index is 0.0903. The summed E-state index contributed by atoms with van der Waals surface area (Å²) in [4.78, 5) is 35.0. The van der Waals surface area contributed by atoms with E-state index in [1.54, 1.807) is 0 Å². The molecule has 5 N–H and O–H groups in total. The average Bonchev–Trinajstić information content (AvgIpc) is 3.46. The summed E-state index contributed by atoms with van der Waals surface area (Å²) in [6.45, 7) is 2.91. The minimum Gasteiger partial charge on any atom is -0.394 e. The van der Waals surface area contributed by atoms with Crippen LogP contribution >= 0.6 is 0 Å². The molecule has 10 heteroatoms. The molecule has 0 radical (unpaired) electrons. The van der Waals surface area contributed by atoms with E-state index in [1.807, 2.05) is 50.2 Å². The van der Waals surface area contributed by atoms with Crippen molar-refractivity contribution in [3.8, 4) is 11.5 Å². The van der Waals surface area contributed by atoms with E-state index in [-0.39, 0.29) is 19.0 Å². The molecule has 4 aromatic rings. The molecule has 0 aliphatic carbocycles. The summed E-state index contributed by atoms with van der Waals surface area (Å²) in [5, 5.41) is 29.3. The summed E-state index contributed by atoms with van der Waals surface area (Å²) in [5.74, 6) is -0.00984. The van der Waals surface area contributed by atoms with E-state index in [0.717, 1.165) is 22.0 Å². The largest absolute Gasteiger partial charge is 0.394 e. The van der Waals surface area contributed by atoms with Crippen LogP contribution in [0.4, 0.5) is 5.69 Å². The van der Waals surface area contributed by atoms with Gasteiger partial charge in [-0.15, -0.1) is 0 Å². The number of imidazole rings is 1. The number of nitrogens with zero attached hydrogens (tertiary/aromatic N) is 3. The molecule has 2 amide bonds. The fraction of sp³-hybridized carbons (Fsp3) is 0.304. The van der Waals surface area contributed by atoms with Crippen molar-refractivity contribution in [2.24, 2.45) is 0 Å². The van der Waals surface area contributed by atoms with Crippen molar-refractivity contribution >= 4 is 39.4 Å². The van der Waals surface area contributed by atoms with Crippen molar-refractivity contribution in [2.75, 3.05) is 24.6 Å². The summed E-state index contributed by atoms with van der Waals surface area (Å²) in [7, 11) is 0. The van der Waals surface area contributed by atoms with Crippen LogP contribution in [0, 0.1) is 0 Å². The SMILES string of the molecule is CC1(C)C(=O)N(CC(=O)NCC(O)CO)c2cc3nc(-c4n[nH]c5ccccc45)[nH]c3cc21. The highest BCUT2D eigenvalue weighted by Gasteiger charge is 2.45. The zero-order valence-corrected chi connectivity index (χ0v) is 18.2. The number of rotatable bonds is 6. The maximum absolute atomic E-state index is 13.1. The summed E-state index contributed by atoms with van der Waals surface area (Å²) < 4.78 is 0. The van der Waals surface area contributed by atoms with Gasteiger partial charge in [-0.3, -0.25) is 14.7 Å². The van der Waals surface area contributed by atoms with Gasteiger partial charge in [0, 0.05) is 11.9 Å². The number of aliphatic hydroxyl groups is 2. The molecule has 10 nitrogen and oxygen atoms in total. The third-order valence-electron chi connectivity index (χ3n) is 6.09. The van der Waals surface area contributed by atoms with E-state index in [9.17, 15) is 14.7 Å². The lowest BCUT2D eigenvalue weighted by atomic mass is 9.86. The van der Waals surface area contributed by atoms with Gasteiger partial charge in [-0.1, -0.05) is 18.2 Å². The normalized spacial score (nSPS) is 15.9. The van der Waals surface area contributed by atoms with Crippen LogP contribution in [0.25, 0.3) is 33.5 Å². The van der Waals surface area contributed by atoms with Crippen LogP contribution in [0.2, 0.25) is 0 Å². The van der Waals surface area contributed by atoms with Crippen molar-refractivity contribution in [2.45, 2.75) is 25.4 Å². The number of hydrogen-bond donors (Lipinski definition) is 5. The van der Waals surface area contributed by atoms with E-state index in [2.05, 4.69) is 20.5 Å².